The molecule has 1 aromatic carbocycles. The number of aryl methyl sites for hydroxylation is 1. The first-order valence-electron chi connectivity index (χ1n) is 7.70. The summed E-state index contributed by atoms with van der Waals surface area (Å²) in [5, 5.41) is 11.9. The van der Waals surface area contributed by atoms with Crippen LogP contribution in [0.2, 0.25) is 0 Å². The first-order chi connectivity index (χ1) is 11.1. The van der Waals surface area contributed by atoms with Crippen LogP contribution in [-0.2, 0) is 18.0 Å². The minimum absolute atomic E-state index is 0.399. The maximum absolute atomic E-state index is 12.2. The van der Waals surface area contributed by atoms with Gasteiger partial charge < -0.3 is 0 Å². The van der Waals surface area contributed by atoms with E-state index in [4.69, 9.17) is 0 Å². The number of rotatable bonds is 4. The number of anilines is 1. The second kappa shape index (κ2) is 7.41. The molecule has 6 nitrogen and oxygen atoms in total. The number of nitrogens with one attached hydrogen (secondary N) is 2. The summed E-state index contributed by atoms with van der Waals surface area (Å²) in [5.41, 5.74) is 2.30. The first kappa shape index (κ1) is 17.2. The van der Waals surface area contributed by atoms with Crippen molar-refractivity contribution in [3.05, 3.63) is 36.2 Å². The molecule has 0 amide bonds. The van der Waals surface area contributed by atoms with Crippen molar-refractivity contribution in [3.8, 4) is 0 Å². The molecule has 0 aliphatic rings. The van der Waals surface area contributed by atoms with Crippen LogP contribution in [-0.4, -0.2) is 24.2 Å². The number of H-pyrrole nitrogens is 1. The summed E-state index contributed by atoms with van der Waals surface area (Å²) in [7, 11) is 0.520. The molecular weight excluding hydrogens is 310 g/mol. The Bertz CT molecular complexity index is 792. The van der Waals surface area contributed by atoms with E-state index in [1.807, 2.05) is 37.7 Å². The molecule has 0 bridgehead atoms. The van der Waals surface area contributed by atoms with Crippen LogP contribution in [0.1, 0.15) is 39.2 Å². The van der Waals surface area contributed by atoms with Gasteiger partial charge in [0.1, 0.15) is 0 Å². The molecule has 2 heterocycles. The average molecular weight is 333 g/mol. The molecule has 7 heteroatoms. The van der Waals surface area contributed by atoms with Gasteiger partial charge in [-0.15, -0.1) is 0 Å². The highest BCUT2D eigenvalue weighted by Gasteiger charge is 2.16. The Morgan fingerprint density at radius 1 is 1.30 bits per heavy atom. The zero-order chi connectivity index (χ0) is 17.0. The fourth-order valence-electron chi connectivity index (χ4n) is 2.40. The number of nitrogens with zero attached hydrogens (tertiary/aromatic N) is 3. The molecule has 1 atom stereocenters. The molecule has 0 aliphatic heterocycles. The minimum atomic E-state index is -1.38. The largest absolute Gasteiger partial charge is 0.284 e. The van der Waals surface area contributed by atoms with E-state index in [-0.39, 0.29) is 0 Å². The standard InChI is InChI=1S/C14H17N5OS.C2H6/c1-9(2)11-5-4-6-12-13(11)19(3)17-14(12)18-21(20)10-7-15-16-8-10;1-2/h4-9H,1-3H3,(H,15,16)(H,17,18);1-2H3. The molecule has 23 heavy (non-hydrogen) atoms. The summed E-state index contributed by atoms with van der Waals surface area (Å²) in [5.74, 6) is 1.02. The quantitative estimate of drug-likeness (QED) is 0.766. The highest BCUT2D eigenvalue weighted by Crippen LogP contribution is 2.30. The van der Waals surface area contributed by atoms with E-state index in [0.717, 1.165) is 10.9 Å². The lowest BCUT2D eigenvalue weighted by Crippen LogP contribution is -2.05. The van der Waals surface area contributed by atoms with Crippen molar-refractivity contribution in [2.45, 2.75) is 38.5 Å². The monoisotopic (exact) mass is 333 g/mol. The van der Waals surface area contributed by atoms with Crippen LogP contribution in [0, 0.1) is 0 Å². The van der Waals surface area contributed by atoms with Gasteiger partial charge >= 0.3 is 0 Å². The predicted octanol–water partition coefficient (Wildman–Crippen LogP) is 3.58. The number of hydrogen-bond acceptors (Lipinski definition) is 3. The molecule has 0 spiro atoms. The number of aromatic amines is 1. The highest BCUT2D eigenvalue weighted by atomic mass is 32.2. The Morgan fingerprint density at radius 3 is 2.65 bits per heavy atom. The second-order valence-corrected chi connectivity index (χ2v) is 6.39. The van der Waals surface area contributed by atoms with Gasteiger partial charge in [-0.05, 0) is 17.5 Å². The Kier molecular flexibility index (Phi) is 5.54. The summed E-state index contributed by atoms with van der Waals surface area (Å²) < 4.78 is 17.0. The second-order valence-electron chi connectivity index (χ2n) is 5.18. The van der Waals surface area contributed by atoms with Gasteiger partial charge in [0.05, 0.1) is 16.6 Å². The van der Waals surface area contributed by atoms with E-state index < -0.39 is 11.0 Å². The SMILES string of the molecule is CC.CC(C)c1cccc2c(NS(=O)c3cn[nH]c3)nn(C)c12. The highest BCUT2D eigenvalue weighted by molar-refractivity contribution is 7.86. The average Bonchev–Trinajstić information content (AvgIpc) is 3.18. The van der Waals surface area contributed by atoms with Crippen molar-refractivity contribution < 1.29 is 4.21 Å². The fourth-order valence-corrected chi connectivity index (χ4v) is 3.15. The Labute approximate surface area is 138 Å². The van der Waals surface area contributed by atoms with Crippen molar-refractivity contribution >= 4 is 27.7 Å². The molecule has 0 saturated carbocycles. The number of para-hydroxylation sites is 1. The zero-order valence-corrected chi connectivity index (χ0v) is 14.9. The van der Waals surface area contributed by atoms with Crippen LogP contribution in [0.15, 0.2) is 35.5 Å². The smallest absolute Gasteiger partial charge is 0.167 e. The zero-order valence-electron chi connectivity index (χ0n) is 14.1. The molecule has 124 valence electrons. The number of benzene rings is 1. The number of hydrogen-bond donors (Lipinski definition) is 2. The third-order valence-electron chi connectivity index (χ3n) is 3.39. The molecule has 2 aromatic heterocycles. The van der Waals surface area contributed by atoms with Gasteiger partial charge in [0.25, 0.3) is 0 Å². The number of aromatic nitrogens is 4. The maximum Gasteiger partial charge on any atom is 0.167 e. The Balaban J connectivity index is 0.000000924. The normalized spacial score (nSPS) is 12.1. The molecule has 2 N–H and O–H groups in total. The molecule has 0 radical (unpaired) electrons. The van der Waals surface area contributed by atoms with Crippen molar-refractivity contribution in [3.63, 3.8) is 0 Å². The van der Waals surface area contributed by atoms with Crippen LogP contribution < -0.4 is 4.72 Å². The van der Waals surface area contributed by atoms with Gasteiger partial charge in [-0.2, -0.15) is 10.2 Å². The number of fused-ring (bicyclic) bond motifs is 1. The first-order valence-corrected chi connectivity index (χ1v) is 8.85. The van der Waals surface area contributed by atoms with Crippen molar-refractivity contribution in [2.75, 3.05) is 4.72 Å². The Hall–Kier alpha value is -2.15. The summed E-state index contributed by atoms with van der Waals surface area (Å²) in [6.07, 6.45) is 3.14. The summed E-state index contributed by atoms with van der Waals surface area (Å²) in [6.45, 7) is 8.30. The predicted molar refractivity (Wildman–Crippen MR) is 94.8 cm³/mol. The minimum Gasteiger partial charge on any atom is -0.284 e. The van der Waals surface area contributed by atoms with Crippen LogP contribution >= 0.6 is 0 Å². The van der Waals surface area contributed by atoms with Gasteiger partial charge in [0.2, 0.25) is 0 Å². The lowest BCUT2D eigenvalue weighted by atomic mass is 10.0. The summed E-state index contributed by atoms with van der Waals surface area (Å²) in [6, 6.07) is 6.10. The van der Waals surface area contributed by atoms with Gasteiger partial charge in [0.15, 0.2) is 16.8 Å². The van der Waals surface area contributed by atoms with Gasteiger partial charge in [0, 0.05) is 18.6 Å². The van der Waals surface area contributed by atoms with Gasteiger partial charge in [-0.25, -0.2) is 4.21 Å². The van der Waals surface area contributed by atoms with Crippen LogP contribution in [0.25, 0.3) is 10.9 Å². The van der Waals surface area contributed by atoms with E-state index in [9.17, 15) is 4.21 Å². The van der Waals surface area contributed by atoms with Crippen molar-refractivity contribution in [2.24, 2.45) is 7.05 Å². The molecule has 3 rings (SSSR count). The lowest BCUT2D eigenvalue weighted by Gasteiger charge is -2.08. The molecule has 0 aliphatic carbocycles. The lowest BCUT2D eigenvalue weighted by molar-refractivity contribution is 0.686. The maximum atomic E-state index is 12.2. The van der Waals surface area contributed by atoms with Crippen LogP contribution in [0.5, 0.6) is 0 Å². The third-order valence-corrected chi connectivity index (χ3v) is 4.42. The Morgan fingerprint density at radius 2 is 2.04 bits per heavy atom. The van der Waals surface area contributed by atoms with Crippen molar-refractivity contribution in [1.82, 2.24) is 20.0 Å². The summed E-state index contributed by atoms with van der Waals surface area (Å²) >= 11 is 0. The molecule has 0 saturated heterocycles. The van der Waals surface area contributed by atoms with Crippen LogP contribution in [0.3, 0.4) is 0 Å². The molecule has 1 unspecified atom stereocenters. The van der Waals surface area contributed by atoms with E-state index in [0.29, 0.717) is 16.6 Å². The van der Waals surface area contributed by atoms with Gasteiger partial charge in [-0.1, -0.05) is 39.8 Å². The molecular formula is C16H23N5OS. The fraction of sp³-hybridized carbons (Fsp3) is 0.375. The van der Waals surface area contributed by atoms with Crippen LogP contribution in [0.4, 0.5) is 5.82 Å². The topological polar surface area (TPSA) is 75.6 Å². The van der Waals surface area contributed by atoms with E-state index in [1.54, 1.807) is 6.20 Å². The molecule has 0 fully saturated rings. The third kappa shape index (κ3) is 3.44. The van der Waals surface area contributed by atoms with Crippen molar-refractivity contribution in [1.29, 1.82) is 0 Å². The summed E-state index contributed by atoms with van der Waals surface area (Å²) in [4.78, 5) is 0.591. The van der Waals surface area contributed by atoms with E-state index >= 15 is 0 Å². The molecule has 3 aromatic rings. The van der Waals surface area contributed by atoms with Gasteiger partial charge in [-0.3, -0.25) is 14.5 Å². The van der Waals surface area contributed by atoms with E-state index in [1.165, 1.54) is 11.8 Å². The van der Waals surface area contributed by atoms with E-state index in [2.05, 4.69) is 39.9 Å².